The molecule has 1 amide bonds. The smallest absolute Gasteiger partial charge is 0.272 e. The van der Waals surface area contributed by atoms with E-state index >= 15 is 0 Å². The highest BCUT2D eigenvalue weighted by Crippen LogP contribution is 2.33. The number of hydrogen-bond acceptors (Lipinski definition) is 2. The molecule has 5 rings (SSSR count). The van der Waals surface area contributed by atoms with E-state index in [4.69, 9.17) is 28.3 Å². The molecule has 0 saturated heterocycles. The van der Waals surface area contributed by atoms with Gasteiger partial charge < -0.3 is 5.32 Å². The van der Waals surface area contributed by atoms with Crippen molar-refractivity contribution in [3.63, 3.8) is 0 Å². The molecule has 154 valence electrons. The maximum Gasteiger partial charge on any atom is 0.272 e. The summed E-state index contributed by atoms with van der Waals surface area (Å²) in [7, 11) is 0. The third kappa shape index (κ3) is 3.52. The van der Waals surface area contributed by atoms with Crippen molar-refractivity contribution in [3.05, 3.63) is 80.6 Å². The van der Waals surface area contributed by atoms with Crippen molar-refractivity contribution in [1.29, 1.82) is 0 Å². The van der Waals surface area contributed by atoms with Gasteiger partial charge in [-0.05, 0) is 67.9 Å². The van der Waals surface area contributed by atoms with Gasteiger partial charge in [0.1, 0.15) is 0 Å². The van der Waals surface area contributed by atoms with Gasteiger partial charge >= 0.3 is 0 Å². The van der Waals surface area contributed by atoms with Crippen LogP contribution in [0, 0.1) is 0 Å². The lowest BCUT2D eigenvalue weighted by Crippen LogP contribution is -2.28. The Labute approximate surface area is 186 Å². The summed E-state index contributed by atoms with van der Waals surface area (Å²) in [6.45, 7) is 0. The Morgan fingerprint density at radius 1 is 1.03 bits per heavy atom. The molecule has 0 saturated carbocycles. The monoisotopic (exact) mass is 439 g/mol. The molecule has 0 aliphatic heterocycles. The van der Waals surface area contributed by atoms with E-state index in [0.717, 1.165) is 61.9 Å². The van der Waals surface area contributed by atoms with Gasteiger partial charge in [-0.2, -0.15) is 5.10 Å². The van der Waals surface area contributed by atoms with Gasteiger partial charge in [0, 0.05) is 16.3 Å². The minimum Gasteiger partial charge on any atom is -0.344 e. The molecular weight excluding hydrogens is 417 g/mol. The summed E-state index contributed by atoms with van der Waals surface area (Å²) in [5.41, 5.74) is 5.99. The summed E-state index contributed by atoms with van der Waals surface area (Å²) in [6.07, 6.45) is 6.98. The van der Waals surface area contributed by atoms with E-state index in [1.165, 1.54) is 11.1 Å². The summed E-state index contributed by atoms with van der Waals surface area (Å²) in [5, 5.41) is 9.13. The molecule has 2 aliphatic carbocycles. The van der Waals surface area contributed by atoms with E-state index in [-0.39, 0.29) is 11.9 Å². The summed E-state index contributed by atoms with van der Waals surface area (Å²) in [4.78, 5) is 13.3. The number of rotatable bonds is 3. The van der Waals surface area contributed by atoms with Crippen LogP contribution in [0.5, 0.6) is 0 Å². The third-order valence-corrected chi connectivity index (χ3v) is 6.76. The Kier molecular flexibility index (Phi) is 5.30. The molecule has 6 heteroatoms. The molecule has 0 fully saturated rings. The van der Waals surface area contributed by atoms with Crippen LogP contribution in [-0.4, -0.2) is 15.7 Å². The van der Waals surface area contributed by atoms with Crippen LogP contribution < -0.4 is 5.32 Å². The number of nitrogens with zero attached hydrogens (tertiary/aromatic N) is 2. The van der Waals surface area contributed by atoms with Gasteiger partial charge in [0.2, 0.25) is 0 Å². The van der Waals surface area contributed by atoms with Crippen LogP contribution >= 0.6 is 23.2 Å². The normalized spacial score (nSPS) is 17.9. The van der Waals surface area contributed by atoms with Crippen LogP contribution in [0.25, 0.3) is 5.69 Å². The number of aromatic nitrogens is 2. The summed E-state index contributed by atoms with van der Waals surface area (Å²) in [6, 6.07) is 13.8. The minimum absolute atomic E-state index is 0.0411. The van der Waals surface area contributed by atoms with Crippen molar-refractivity contribution < 1.29 is 4.79 Å². The van der Waals surface area contributed by atoms with E-state index in [1.54, 1.807) is 6.07 Å². The number of hydrogen-bond donors (Lipinski definition) is 1. The Bertz CT molecular complexity index is 1120. The van der Waals surface area contributed by atoms with Gasteiger partial charge in [-0.3, -0.25) is 4.79 Å². The fourth-order valence-corrected chi connectivity index (χ4v) is 5.23. The predicted octanol–water partition coefficient (Wildman–Crippen LogP) is 5.87. The summed E-state index contributed by atoms with van der Waals surface area (Å²) in [5.74, 6) is -0.0984. The highest BCUT2D eigenvalue weighted by atomic mass is 35.5. The van der Waals surface area contributed by atoms with E-state index in [0.29, 0.717) is 15.7 Å². The predicted molar refractivity (Wildman–Crippen MR) is 120 cm³/mol. The van der Waals surface area contributed by atoms with Crippen LogP contribution in [-0.2, 0) is 19.3 Å². The van der Waals surface area contributed by atoms with Crippen LogP contribution in [0.1, 0.15) is 64.6 Å². The molecule has 0 radical (unpaired) electrons. The average molecular weight is 440 g/mol. The van der Waals surface area contributed by atoms with Crippen molar-refractivity contribution >= 4 is 29.1 Å². The second-order valence-electron chi connectivity index (χ2n) is 8.11. The summed E-state index contributed by atoms with van der Waals surface area (Å²) < 4.78 is 1.86. The molecule has 1 N–H and O–H groups in total. The maximum atomic E-state index is 13.3. The Morgan fingerprint density at radius 3 is 2.73 bits per heavy atom. The highest BCUT2D eigenvalue weighted by molar-refractivity contribution is 6.35. The molecule has 2 aromatic carbocycles. The number of benzene rings is 2. The number of carbonyl (C=O) groups excluding carboxylic acids is 1. The van der Waals surface area contributed by atoms with Gasteiger partial charge in [0.15, 0.2) is 5.69 Å². The first-order valence-electron chi connectivity index (χ1n) is 10.6. The van der Waals surface area contributed by atoms with E-state index in [1.807, 2.05) is 22.9 Å². The maximum absolute atomic E-state index is 13.3. The van der Waals surface area contributed by atoms with Gasteiger partial charge in [0.05, 0.1) is 16.8 Å². The van der Waals surface area contributed by atoms with Crippen molar-refractivity contribution in [2.75, 3.05) is 0 Å². The van der Waals surface area contributed by atoms with E-state index < -0.39 is 0 Å². The molecule has 1 heterocycles. The van der Waals surface area contributed by atoms with Gasteiger partial charge in [0.25, 0.3) is 5.91 Å². The Balaban J connectivity index is 1.52. The zero-order valence-corrected chi connectivity index (χ0v) is 18.1. The molecule has 30 heavy (non-hydrogen) atoms. The molecule has 4 nitrogen and oxygen atoms in total. The fourth-order valence-electron chi connectivity index (χ4n) is 4.74. The zero-order valence-electron chi connectivity index (χ0n) is 16.6. The molecule has 1 aromatic heterocycles. The third-order valence-electron chi connectivity index (χ3n) is 6.22. The lowest BCUT2D eigenvalue weighted by atomic mass is 10.1. The van der Waals surface area contributed by atoms with E-state index in [2.05, 4.69) is 23.5 Å². The number of halogens is 2. The second-order valence-corrected chi connectivity index (χ2v) is 8.95. The molecule has 0 bridgehead atoms. The zero-order chi connectivity index (χ0) is 20.7. The molecular formula is C24H23Cl2N3O. The Hall–Kier alpha value is -2.30. The molecule has 0 unspecified atom stereocenters. The number of aryl methyl sites for hydroxylation is 1. The number of amides is 1. The lowest BCUT2D eigenvalue weighted by molar-refractivity contribution is 0.0930. The van der Waals surface area contributed by atoms with Crippen molar-refractivity contribution in [3.8, 4) is 5.69 Å². The van der Waals surface area contributed by atoms with Gasteiger partial charge in [-0.25, -0.2) is 4.68 Å². The van der Waals surface area contributed by atoms with E-state index in [9.17, 15) is 4.79 Å². The summed E-state index contributed by atoms with van der Waals surface area (Å²) >= 11 is 12.6. The first kappa shape index (κ1) is 19.7. The SMILES string of the molecule is O=C(N[C@H]1CCc2ccccc21)c1nn(-c2ccc(Cl)cc2Cl)c2c1CCCCC2. The fraction of sp³-hybridized carbons (Fsp3) is 0.333. The van der Waals surface area contributed by atoms with Gasteiger partial charge in [-0.1, -0.05) is 53.9 Å². The molecule has 0 spiro atoms. The second kappa shape index (κ2) is 8.09. The lowest BCUT2D eigenvalue weighted by Gasteiger charge is -2.13. The van der Waals surface area contributed by atoms with Crippen LogP contribution in [0.3, 0.4) is 0 Å². The Morgan fingerprint density at radius 2 is 1.87 bits per heavy atom. The minimum atomic E-state index is -0.0984. The first-order valence-corrected chi connectivity index (χ1v) is 11.3. The molecule has 1 atom stereocenters. The van der Waals surface area contributed by atoms with Crippen LogP contribution in [0.2, 0.25) is 10.0 Å². The number of nitrogens with one attached hydrogen (secondary N) is 1. The van der Waals surface area contributed by atoms with Crippen molar-refractivity contribution in [1.82, 2.24) is 15.1 Å². The van der Waals surface area contributed by atoms with Crippen molar-refractivity contribution in [2.45, 2.75) is 51.0 Å². The topological polar surface area (TPSA) is 46.9 Å². The van der Waals surface area contributed by atoms with Crippen molar-refractivity contribution in [2.24, 2.45) is 0 Å². The highest BCUT2D eigenvalue weighted by Gasteiger charge is 2.29. The first-order chi connectivity index (χ1) is 14.6. The molecule has 2 aliphatic rings. The largest absolute Gasteiger partial charge is 0.344 e. The quantitative estimate of drug-likeness (QED) is 0.518. The standard InChI is InChI=1S/C24H23Cl2N3O/c25-16-11-13-22(19(26)14-16)29-21-9-3-1-2-8-18(21)23(28-29)24(30)27-20-12-10-15-6-4-5-7-17(15)20/h4-7,11,13-14,20H,1-3,8-10,12H2,(H,27,30)/t20-/m0/s1. The van der Waals surface area contributed by atoms with Gasteiger partial charge in [-0.15, -0.1) is 0 Å². The molecule has 3 aromatic rings. The number of fused-ring (bicyclic) bond motifs is 2. The van der Waals surface area contributed by atoms with Crippen LogP contribution in [0.4, 0.5) is 0 Å². The average Bonchev–Trinajstić information content (AvgIpc) is 3.21. The number of carbonyl (C=O) groups is 1. The van der Waals surface area contributed by atoms with Crippen LogP contribution in [0.15, 0.2) is 42.5 Å².